The van der Waals surface area contributed by atoms with Gasteiger partial charge in [0.2, 0.25) is 0 Å². The number of aromatic nitrogens is 6. The Morgan fingerprint density at radius 3 is 2.58 bits per heavy atom. The highest BCUT2D eigenvalue weighted by atomic mass is 16.1. The fraction of sp³-hybridized carbons (Fsp3) is 0.368. The van der Waals surface area contributed by atoms with Crippen LogP contribution in [0.25, 0.3) is 22.4 Å². The summed E-state index contributed by atoms with van der Waals surface area (Å²) in [5, 5.41) is 8.57. The molecule has 1 aliphatic rings. The molecule has 0 unspecified atom stereocenters. The van der Waals surface area contributed by atoms with E-state index < -0.39 is 0 Å². The molecule has 0 bridgehead atoms. The number of nitrogens with zero attached hydrogens (tertiary/aromatic N) is 6. The Morgan fingerprint density at radius 1 is 1.15 bits per heavy atom. The standard InChI is InChI=1S/C19H20N6O/c1-12(2)25-14-7-5-4-6-13(14)23-11-20-17(16(23)18(25)26)24-10-15(21-22-24)19(3)8-9-19/h4-7,10-12H,8-9H2,1-3H3. The molecule has 0 amide bonds. The van der Waals surface area contributed by atoms with E-state index in [1.165, 1.54) is 0 Å². The second kappa shape index (κ2) is 5.03. The second-order valence-electron chi connectivity index (χ2n) is 7.65. The van der Waals surface area contributed by atoms with Crippen molar-refractivity contribution in [3.05, 3.63) is 52.8 Å². The van der Waals surface area contributed by atoms with Crippen LogP contribution >= 0.6 is 0 Å². The lowest BCUT2D eigenvalue weighted by Gasteiger charge is -2.15. The molecular weight excluding hydrogens is 328 g/mol. The minimum absolute atomic E-state index is 0.0387. The second-order valence-corrected chi connectivity index (χ2v) is 7.65. The Hall–Kier alpha value is -2.96. The molecule has 0 spiro atoms. The van der Waals surface area contributed by atoms with E-state index in [1.54, 1.807) is 11.0 Å². The topological polar surface area (TPSA) is 70.0 Å². The van der Waals surface area contributed by atoms with Gasteiger partial charge in [-0.1, -0.05) is 24.3 Å². The van der Waals surface area contributed by atoms with Gasteiger partial charge in [-0.25, -0.2) is 4.98 Å². The first kappa shape index (κ1) is 15.3. The zero-order chi connectivity index (χ0) is 18.1. The number of rotatable bonds is 3. The molecule has 3 aromatic heterocycles. The van der Waals surface area contributed by atoms with Crippen molar-refractivity contribution in [1.29, 1.82) is 0 Å². The molecule has 0 saturated heterocycles. The normalized spacial score (nSPS) is 16.0. The van der Waals surface area contributed by atoms with E-state index in [1.807, 2.05) is 53.3 Å². The molecule has 7 heteroatoms. The first-order valence-electron chi connectivity index (χ1n) is 8.93. The van der Waals surface area contributed by atoms with Crippen molar-refractivity contribution >= 4 is 16.6 Å². The Morgan fingerprint density at radius 2 is 1.88 bits per heavy atom. The van der Waals surface area contributed by atoms with Crippen molar-refractivity contribution in [2.24, 2.45) is 0 Å². The summed E-state index contributed by atoms with van der Waals surface area (Å²) in [4.78, 5) is 17.8. The summed E-state index contributed by atoms with van der Waals surface area (Å²) in [6.45, 7) is 6.22. The molecule has 7 nitrogen and oxygen atoms in total. The molecule has 4 aromatic rings. The minimum Gasteiger partial charge on any atom is -0.302 e. The first-order chi connectivity index (χ1) is 12.5. The average Bonchev–Trinajstić information content (AvgIpc) is 3.03. The van der Waals surface area contributed by atoms with Crippen molar-refractivity contribution in [2.45, 2.75) is 45.1 Å². The third kappa shape index (κ3) is 2.00. The quantitative estimate of drug-likeness (QED) is 0.571. The number of hydrogen-bond acceptors (Lipinski definition) is 4. The number of fused-ring (bicyclic) bond motifs is 3. The number of hydrogen-bond donors (Lipinski definition) is 0. The lowest BCUT2D eigenvalue weighted by Crippen LogP contribution is -2.25. The maximum Gasteiger partial charge on any atom is 0.279 e. The molecule has 0 atom stereocenters. The van der Waals surface area contributed by atoms with Gasteiger partial charge in [-0.2, -0.15) is 4.68 Å². The Labute approximate surface area is 149 Å². The highest BCUT2D eigenvalue weighted by molar-refractivity contribution is 5.81. The molecule has 3 heterocycles. The summed E-state index contributed by atoms with van der Waals surface area (Å²) in [6.07, 6.45) is 5.85. The van der Waals surface area contributed by atoms with Crippen LogP contribution in [0.15, 0.2) is 41.6 Å². The Balaban J connectivity index is 1.83. The van der Waals surface area contributed by atoms with Crippen LogP contribution in [0, 0.1) is 0 Å². The van der Waals surface area contributed by atoms with E-state index in [4.69, 9.17) is 0 Å². The van der Waals surface area contributed by atoms with Crippen LogP contribution in [0.2, 0.25) is 0 Å². The Bertz CT molecular complexity index is 1210. The van der Waals surface area contributed by atoms with E-state index in [0.717, 1.165) is 29.6 Å². The smallest absolute Gasteiger partial charge is 0.279 e. The van der Waals surface area contributed by atoms with Gasteiger partial charge in [0.15, 0.2) is 11.3 Å². The van der Waals surface area contributed by atoms with E-state index in [0.29, 0.717) is 11.3 Å². The van der Waals surface area contributed by atoms with Crippen LogP contribution in [0.4, 0.5) is 0 Å². The van der Waals surface area contributed by atoms with Crippen LogP contribution in [-0.4, -0.2) is 28.9 Å². The molecule has 0 aliphatic heterocycles. The maximum absolute atomic E-state index is 13.3. The molecule has 132 valence electrons. The molecule has 1 fully saturated rings. The first-order valence-corrected chi connectivity index (χ1v) is 8.93. The zero-order valence-corrected chi connectivity index (χ0v) is 15.0. The predicted molar refractivity (Wildman–Crippen MR) is 98.8 cm³/mol. The van der Waals surface area contributed by atoms with Crippen LogP contribution in [0.3, 0.4) is 0 Å². The largest absolute Gasteiger partial charge is 0.302 e. The molecular formula is C19H20N6O. The molecule has 0 N–H and O–H groups in total. The molecule has 0 radical (unpaired) electrons. The molecule has 26 heavy (non-hydrogen) atoms. The summed E-state index contributed by atoms with van der Waals surface area (Å²) in [6, 6.07) is 7.93. The van der Waals surface area contributed by atoms with E-state index in [-0.39, 0.29) is 17.0 Å². The summed E-state index contributed by atoms with van der Waals surface area (Å²) < 4.78 is 5.30. The van der Waals surface area contributed by atoms with Crippen LogP contribution < -0.4 is 5.56 Å². The van der Waals surface area contributed by atoms with Gasteiger partial charge in [-0.15, -0.1) is 5.10 Å². The van der Waals surface area contributed by atoms with Gasteiger partial charge in [0.1, 0.15) is 6.33 Å². The van der Waals surface area contributed by atoms with Gasteiger partial charge in [-0.05, 0) is 38.8 Å². The molecule has 1 aromatic carbocycles. The van der Waals surface area contributed by atoms with E-state index >= 15 is 0 Å². The van der Waals surface area contributed by atoms with Gasteiger partial charge in [0.25, 0.3) is 5.56 Å². The third-order valence-corrected chi connectivity index (χ3v) is 5.42. The summed E-state index contributed by atoms with van der Waals surface area (Å²) >= 11 is 0. The maximum atomic E-state index is 13.3. The average molecular weight is 348 g/mol. The highest BCUT2D eigenvalue weighted by Crippen LogP contribution is 2.46. The van der Waals surface area contributed by atoms with Crippen molar-refractivity contribution in [3.8, 4) is 5.82 Å². The SMILES string of the molecule is CC(C)n1c(=O)c2c(-n3cc(C4(C)CC4)nn3)ncn2c2ccccc21. The third-order valence-electron chi connectivity index (χ3n) is 5.42. The van der Waals surface area contributed by atoms with Gasteiger partial charge in [-0.3, -0.25) is 9.20 Å². The Kier molecular flexibility index (Phi) is 2.96. The fourth-order valence-electron chi connectivity index (χ4n) is 3.58. The lowest BCUT2D eigenvalue weighted by atomic mass is 10.1. The van der Waals surface area contributed by atoms with Crippen molar-refractivity contribution in [3.63, 3.8) is 0 Å². The van der Waals surface area contributed by atoms with Crippen LogP contribution in [0.5, 0.6) is 0 Å². The van der Waals surface area contributed by atoms with E-state index in [9.17, 15) is 4.79 Å². The highest BCUT2D eigenvalue weighted by Gasteiger charge is 2.41. The van der Waals surface area contributed by atoms with Crippen LogP contribution in [-0.2, 0) is 5.41 Å². The lowest BCUT2D eigenvalue weighted by molar-refractivity contribution is 0.600. The van der Waals surface area contributed by atoms with Crippen LogP contribution in [0.1, 0.15) is 45.3 Å². The molecule has 1 aliphatic carbocycles. The number of benzene rings is 1. The van der Waals surface area contributed by atoms with Gasteiger partial charge < -0.3 is 4.57 Å². The molecule has 1 saturated carbocycles. The summed E-state index contributed by atoms with van der Waals surface area (Å²) in [5.74, 6) is 0.526. The predicted octanol–water partition coefficient (Wildman–Crippen LogP) is 2.86. The van der Waals surface area contributed by atoms with Gasteiger partial charge >= 0.3 is 0 Å². The van der Waals surface area contributed by atoms with Crippen molar-refractivity contribution in [1.82, 2.24) is 28.9 Å². The van der Waals surface area contributed by atoms with Crippen molar-refractivity contribution < 1.29 is 0 Å². The number of imidazole rings is 1. The fourth-order valence-corrected chi connectivity index (χ4v) is 3.58. The van der Waals surface area contributed by atoms with Crippen molar-refractivity contribution in [2.75, 3.05) is 0 Å². The summed E-state index contributed by atoms with van der Waals surface area (Å²) in [7, 11) is 0. The monoisotopic (exact) mass is 348 g/mol. The van der Waals surface area contributed by atoms with Gasteiger partial charge in [0, 0.05) is 11.5 Å². The molecule has 5 rings (SSSR count). The number of para-hydroxylation sites is 2. The summed E-state index contributed by atoms with van der Waals surface area (Å²) in [5.41, 5.74) is 3.38. The van der Waals surface area contributed by atoms with Gasteiger partial charge in [0.05, 0.1) is 22.9 Å². The zero-order valence-electron chi connectivity index (χ0n) is 15.0. The van der Waals surface area contributed by atoms with E-state index in [2.05, 4.69) is 22.2 Å². The minimum atomic E-state index is -0.0686.